The van der Waals surface area contributed by atoms with Gasteiger partial charge in [0, 0.05) is 18.2 Å². The summed E-state index contributed by atoms with van der Waals surface area (Å²) in [7, 11) is 0. The Morgan fingerprint density at radius 2 is 1.90 bits per heavy atom. The quantitative estimate of drug-likeness (QED) is 0.768. The summed E-state index contributed by atoms with van der Waals surface area (Å²) in [6.07, 6.45) is 0.0761. The molecule has 1 aromatic rings. The molecule has 1 atom stereocenters. The normalized spacial score (nSPS) is 12.8. The number of carboxylic acid groups (broad SMARTS) is 1. The molecule has 0 spiro atoms. The molecule has 0 saturated heterocycles. The van der Waals surface area contributed by atoms with Crippen LogP contribution in [0.1, 0.15) is 32.8 Å². The molecule has 0 fully saturated rings. The van der Waals surface area contributed by atoms with Crippen LogP contribution in [0.3, 0.4) is 0 Å². The molecule has 0 aliphatic heterocycles. The van der Waals surface area contributed by atoms with Gasteiger partial charge in [-0.3, -0.25) is 9.59 Å². The fourth-order valence-corrected chi connectivity index (χ4v) is 1.67. The van der Waals surface area contributed by atoms with E-state index in [1.54, 1.807) is 24.3 Å². The lowest BCUT2D eigenvalue weighted by Gasteiger charge is -2.26. The molecule has 1 unspecified atom stereocenters. The van der Waals surface area contributed by atoms with Crippen molar-refractivity contribution in [2.75, 3.05) is 5.32 Å². The Balaban J connectivity index is 2.73. The number of carbonyl (C=O) groups excluding carboxylic acids is 1. The van der Waals surface area contributed by atoms with Crippen LogP contribution in [-0.4, -0.2) is 23.0 Å². The van der Waals surface area contributed by atoms with Crippen molar-refractivity contribution < 1.29 is 14.7 Å². The summed E-state index contributed by atoms with van der Waals surface area (Å²) in [6.45, 7) is 5.93. The highest BCUT2D eigenvalue weighted by molar-refractivity contribution is 5.92. The highest BCUT2D eigenvalue weighted by Crippen LogP contribution is 2.21. The monoisotopic (exact) mass is 278 g/mol. The van der Waals surface area contributed by atoms with Crippen LogP contribution >= 0.6 is 0 Å². The van der Waals surface area contributed by atoms with Crippen LogP contribution < -0.4 is 11.1 Å². The van der Waals surface area contributed by atoms with Gasteiger partial charge in [-0.25, -0.2) is 0 Å². The summed E-state index contributed by atoms with van der Waals surface area (Å²) in [6, 6.07) is 6.63. The Kier molecular flexibility index (Phi) is 5.27. The zero-order chi connectivity index (χ0) is 15.3. The second kappa shape index (κ2) is 6.52. The van der Waals surface area contributed by atoms with E-state index >= 15 is 0 Å². The molecular formula is C15H22N2O3. The zero-order valence-electron chi connectivity index (χ0n) is 12.1. The highest BCUT2D eigenvalue weighted by atomic mass is 16.4. The topological polar surface area (TPSA) is 92.4 Å². The number of carboxylic acids is 1. The lowest BCUT2D eigenvalue weighted by Crippen LogP contribution is -2.38. The smallest absolute Gasteiger partial charge is 0.307 e. The van der Waals surface area contributed by atoms with Crippen molar-refractivity contribution in [2.24, 2.45) is 11.1 Å². The van der Waals surface area contributed by atoms with Crippen molar-refractivity contribution in [3.63, 3.8) is 0 Å². The number of nitrogens with one attached hydrogen (secondary N) is 1. The third-order valence-corrected chi connectivity index (χ3v) is 3.15. The van der Waals surface area contributed by atoms with Gasteiger partial charge in [0.05, 0.1) is 6.42 Å². The SMILES string of the molecule is CC(C)(C)C(N)CC(=O)Nc1ccccc1CC(=O)O. The Labute approximate surface area is 119 Å². The first kappa shape index (κ1) is 16.2. The first-order chi connectivity index (χ1) is 9.20. The summed E-state index contributed by atoms with van der Waals surface area (Å²) in [5.74, 6) is -1.14. The Bertz CT molecular complexity index is 492. The zero-order valence-corrected chi connectivity index (χ0v) is 12.1. The van der Waals surface area contributed by atoms with Gasteiger partial charge >= 0.3 is 5.97 Å². The molecule has 0 aliphatic carbocycles. The predicted molar refractivity (Wildman–Crippen MR) is 78.5 cm³/mol. The van der Waals surface area contributed by atoms with Crippen LogP contribution in [0.25, 0.3) is 0 Å². The van der Waals surface area contributed by atoms with Gasteiger partial charge in [-0.2, -0.15) is 0 Å². The molecule has 0 saturated carbocycles. The van der Waals surface area contributed by atoms with Crippen LogP contribution in [0.15, 0.2) is 24.3 Å². The molecule has 0 heterocycles. The second-order valence-electron chi connectivity index (χ2n) is 5.95. The van der Waals surface area contributed by atoms with Gasteiger partial charge < -0.3 is 16.2 Å². The van der Waals surface area contributed by atoms with Crippen molar-refractivity contribution in [2.45, 2.75) is 39.7 Å². The summed E-state index contributed by atoms with van der Waals surface area (Å²) in [4.78, 5) is 22.8. The van der Waals surface area contributed by atoms with Crippen LogP contribution in [0, 0.1) is 5.41 Å². The Morgan fingerprint density at radius 1 is 1.30 bits per heavy atom. The Morgan fingerprint density at radius 3 is 2.45 bits per heavy atom. The Hall–Kier alpha value is -1.88. The van der Waals surface area contributed by atoms with Crippen LogP contribution in [0.2, 0.25) is 0 Å². The molecule has 0 bridgehead atoms. The van der Waals surface area contributed by atoms with Gasteiger partial charge in [-0.1, -0.05) is 39.0 Å². The van der Waals surface area contributed by atoms with Gasteiger partial charge in [0.2, 0.25) is 5.91 Å². The van der Waals surface area contributed by atoms with Crippen molar-refractivity contribution >= 4 is 17.6 Å². The molecule has 1 amide bonds. The average Bonchev–Trinajstić information content (AvgIpc) is 2.29. The second-order valence-corrected chi connectivity index (χ2v) is 5.95. The molecule has 0 radical (unpaired) electrons. The van der Waals surface area contributed by atoms with E-state index < -0.39 is 5.97 Å². The van der Waals surface area contributed by atoms with E-state index in [0.717, 1.165) is 0 Å². The minimum Gasteiger partial charge on any atom is -0.481 e. The summed E-state index contributed by atoms with van der Waals surface area (Å²) in [5.41, 5.74) is 6.92. The third kappa shape index (κ3) is 5.01. The number of anilines is 1. The van der Waals surface area contributed by atoms with Crippen molar-refractivity contribution in [3.05, 3.63) is 29.8 Å². The summed E-state index contributed by atoms with van der Waals surface area (Å²) in [5, 5.41) is 11.6. The maximum Gasteiger partial charge on any atom is 0.307 e. The number of rotatable bonds is 5. The molecule has 20 heavy (non-hydrogen) atoms. The first-order valence-corrected chi connectivity index (χ1v) is 6.55. The molecule has 4 N–H and O–H groups in total. The van der Waals surface area contributed by atoms with Crippen LogP contribution in [0.5, 0.6) is 0 Å². The number of carbonyl (C=O) groups is 2. The number of amides is 1. The minimum absolute atomic E-state index is 0.123. The van der Waals surface area contributed by atoms with Gasteiger partial charge in [0.25, 0.3) is 0 Å². The fraction of sp³-hybridized carbons (Fsp3) is 0.467. The molecule has 5 nitrogen and oxygen atoms in total. The highest BCUT2D eigenvalue weighted by Gasteiger charge is 2.23. The number of benzene rings is 1. The maximum absolute atomic E-state index is 12.0. The molecule has 1 rings (SSSR count). The number of aliphatic carboxylic acids is 1. The maximum atomic E-state index is 12.0. The van der Waals surface area contributed by atoms with Gasteiger partial charge in [-0.05, 0) is 17.0 Å². The summed E-state index contributed by atoms with van der Waals surface area (Å²) >= 11 is 0. The van der Waals surface area contributed by atoms with Gasteiger partial charge in [0.15, 0.2) is 0 Å². The number of nitrogens with two attached hydrogens (primary N) is 1. The molecule has 5 heteroatoms. The molecule has 1 aromatic carbocycles. The minimum atomic E-state index is -0.932. The number of para-hydroxylation sites is 1. The van der Waals surface area contributed by atoms with E-state index in [0.29, 0.717) is 11.3 Å². The van der Waals surface area contributed by atoms with E-state index in [9.17, 15) is 9.59 Å². The van der Waals surface area contributed by atoms with Crippen molar-refractivity contribution in [3.8, 4) is 0 Å². The van der Waals surface area contributed by atoms with E-state index in [1.165, 1.54) is 0 Å². The largest absolute Gasteiger partial charge is 0.481 e. The van der Waals surface area contributed by atoms with Crippen molar-refractivity contribution in [1.29, 1.82) is 0 Å². The molecule has 0 aromatic heterocycles. The van der Waals surface area contributed by atoms with Gasteiger partial charge in [-0.15, -0.1) is 0 Å². The van der Waals surface area contributed by atoms with Crippen LogP contribution in [-0.2, 0) is 16.0 Å². The van der Waals surface area contributed by atoms with E-state index in [-0.39, 0.29) is 30.2 Å². The van der Waals surface area contributed by atoms with Crippen molar-refractivity contribution in [1.82, 2.24) is 0 Å². The predicted octanol–water partition coefficient (Wildman–Crippen LogP) is 2.02. The first-order valence-electron chi connectivity index (χ1n) is 6.55. The van der Waals surface area contributed by atoms with E-state index in [4.69, 9.17) is 10.8 Å². The third-order valence-electron chi connectivity index (χ3n) is 3.15. The summed E-state index contributed by atoms with van der Waals surface area (Å²) < 4.78 is 0. The van der Waals surface area contributed by atoms with E-state index in [2.05, 4.69) is 5.32 Å². The van der Waals surface area contributed by atoms with E-state index in [1.807, 2.05) is 20.8 Å². The molecule has 110 valence electrons. The standard InChI is InChI=1S/C15H22N2O3/c1-15(2,3)12(16)9-13(18)17-11-7-5-4-6-10(11)8-14(19)20/h4-7,12H,8-9,16H2,1-3H3,(H,17,18)(H,19,20). The number of hydrogen-bond donors (Lipinski definition) is 3. The fourth-order valence-electron chi connectivity index (χ4n) is 1.67. The number of hydrogen-bond acceptors (Lipinski definition) is 3. The molecule has 0 aliphatic rings. The lowest BCUT2D eigenvalue weighted by atomic mass is 9.85. The van der Waals surface area contributed by atoms with Gasteiger partial charge in [0.1, 0.15) is 0 Å². The van der Waals surface area contributed by atoms with Crippen LogP contribution in [0.4, 0.5) is 5.69 Å². The molecular weight excluding hydrogens is 256 g/mol. The average molecular weight is 278 g/mol. The lowest BCUT2D eigenvalue weighted by molar-refractivity contribution is -0.136.